The van der Waals surface area contributed by atoms with Crippen LogP contribution in [0.1, 0.15) is 25.1 Å². The molecule has 0 amide bonds. The minimum Gasteiger partial charge on any atom is -0.508 e. The van der Waals surface area contributed by atoms with Crippen molar-refractivity contribution in [1.82, 2.24) is 9.55 Å². The van der Waals surface area contributed by atoms with Crippen LogP contribution in [0.5, 0.6) is 5.75 Å². The van der Waals surface area contributed by atoms with Gasteiger partial charge >= 0.3 is 0 Å². The Labute approximate surface area is 129 Å². The fourth-order valence-corrected chi connectivity index (χ4v) is 2.86. The van der Waals surface area contributed by atoms with Crippen molar-refractivity contribution in [3.05, 3.63) is 60.2 Å². The van der Waals surface area contributed by atoms with Crippen molar-refractivity contribution in [2.75, 3.05) is 0 Å². The first kappa shape index (κ1) is 14.6. The van der Waals surface area contributed by atoms with E-state index in [9.17, 15) is 10.2 Å². The number of phenols is 1. The highest BCUT2D eigenvalue weighted by molar-refractivity contribution is 5.84. The lowest BCUT2D eigenvalue weighted by Crippen LogP contribution is -2.33. The lowest BCUT2D eigenvalue weighted by Gasteiger charge is -2.31. The van der Waals surface area contributed by atoms with Crippen molar-refractivity contribution in [3.8, 4) is 5.75 Å². The molecule has 1 aromatic heterocycles. The van der Waals surface area contributed by atoms with Crippen LogP contribution in [0, 0.1) is 5.92 Å². The van der Waals surface area contributed by atoms with E-state index in [0.717, 1.165) is 16.3 Å². The molecule has 22 heavy (non-hydrogen) atoms. The Morgan fingerprint density at radius 2 is 1.77 bits per heavy atom. The fourth-order valence-electron chi connectivity index (χ4n) is 2.86. The van der Waals surface area contributed by atoms with E-state index in [-0.39, 0.29) is 11.7 Å². The van der Waals surface area contributed by atoms with E-state index in [0.29, 0.717) is 5.69 Å². The van der Waals surface area contributed by atoms with E-state index in [1.165, 1.54) is 0 Å². The Morgan fingerprint density at radius 3 is 2.41 bits per heavy atom. The molecule has 2 aromatic carbocycles. The molecule has 0 spiro atoms. The Balaban J connectivity index is 2.18. The molecule has 1 unspecified atom stereocenters. The van der Waals surface area contributed by atoms with Crippen LogP contribution in [0.4, 0.5) is 0 Å². The van der Waals surface area contributed by atoms with Gasteiger partial charge in [0.05, 0.1) is 12.0 Å². The van der Waals surface area contributed by atoms with Gasteiger partial charge < -0.3 is 14.8 Å². The van der Waals surface area contributed by atoms with E-state index >= 15 is 0 Å². The highest BCUT2D eigenvalue weighted by Gasteiger charge is 2.37. The second-order valence-corrected chi connectivity index (χ2v) is 6.09. The summed E-state index contributed by atoms with van der Waals surface area (Å²) in [6, 6.07) is 11.0. The first-order valence-electron chi connectivity index (χ1n) is 7.35. The molecule has 0 radical (unpaired) electrons. The molecule has 114 valence electrons. The molecule has 3 rings (SSSR count). The smallest absolute Gasteiger partial charge is 0.135 e. The van der Waals surface area contributed by atoms with E-state index in [4.69, 9.17) is 0 Å². The highest BCUT2D eigenvalue weighted by Crippen LogP contribution is 2.37. The van der Waals surface area contributed by atoms with Crippen molar-refractivity contribution in [1.29, 1.82) is 0 Å². The molecule has 1 atom stereocenters. The van der Waals surface area contributed by atoms with Gasteiger partial charge in [-0.3, -0.25) is 0 Å². The van der Waals surface area contributed by atoms with Gasteiger partial charge in [-0.05, 0) is 40.5 Å². The van der Waals surface area contributed by atoms with Gasteiger partial charge in [0.1, 0.15) is 11.4 Å². The normalized spacial score (nSPS) is 14.4. The summed E-state index contributed by atoms with van der Waals surface area (Å²) < 4.78 is 1.84. The second kappa shape index (κ2) is 5.14. The van der Waals surface area contributed by atoms with Crippen LogP contribution >= 0.6 is 0 Å². The summed E-state index contributed by atoms with van der Waals surface area (Å²) in [6.07, 6.45) is 3.54. The summed E-state index contributed by atoms with van der Waals surface area (Å²) in [7, 11) is 1.89. The molecule has 1 heterocycles. The number of hydrogen-bond acceptors (Lipinski definition) is 3. The first-order valence-corrected chi connectivity index (χ1v) is 7.35. The molecule has 0 aliphatic rings. The molecule has 0 fully saturated rings. The third-order valence-electron chi connectivity index (χ3n) is 4.19. The predicted octanol–water partition coefficient (Wildman–Crippen LogP) is 3.17. The quantitative estimate of drug-likeness (QED) is 0.780. The summed E-state index contributed by atoms with van der Waals surface area (Å²) in [5.41, 5.74) is 0.301. The lowest BCUT2D eigenvalue weighted by atomic mass is 9.80. The average molecular weight is 296 g/mol. The van der Waals surface area contributed by atoms with Crippen molar-refractivity contribution in [3.63, 3.8) is 0 Å². The first-order chi connectivity index (χ1) is 10.4. The molecule has 3 aromatic rings. The third kappa shape index (κ3) is 2.25. The Hall–Kier alpha value is -2.33. The zero-order valence-electron chi connectivity index (χ0n) is 13.0. The van der Waals surface area contributed by atoms with Crippen LogP contribution in [-0.4, -0.2) is 19.8 Å². The minimum absolute atomic E-state index is 0.0306. The number of hydrogen-bond donors (Lipinski definition) is 2. The fraction of sp³-hybridized carbons (Fsp3) is 0.278. The number of aromatic hydroxyl groups is 1. The van der Waals surface area contributed by atoms with Crippen LogP contribution in [0.25, 0.3) is 10.8 Å². The molecule has 0 aliphatic carbocycles. The monoisotopic (exact) mass is 296 g/mol. The van der Waals surface area contributed by atoms with Crippen molar-refractivity contribution >= 4 is 10.8 Å². The standard InChI is InChI=1S/C18H20N2O2/c1-12(2)18(22,17-10-20(3)11-19-17)15-6-4-14-9-16(21)7-5-13(14)8-15/h4-12,21-22H,1-3H3. The number of benzene rings is 2. The van der Waals surface area contributed by atoms with Gasteiger partial charge in [0, 0.05) is 13.2 Å². The summed E-state index contributed by atoms with van der Waals surface area (Å²) >= 11 is 0. The van der Waals surface area contributed by atoms with Crippen LogP contribution in [0.2, 0.25) is 0 Å². The van der Waals surface area contributed by atoms with Crippen molar-refractivity contribution < 1.29 is 10.2 Å². The molecule has 0 aliphatic heterocycles. The molecular weight excluding hydrogens is 276 g/mol. The Bertz CT molecular complexity index is 823. The molecule has 0 bridgehead atoms. The number of imidazole rings is 1. The van der Waals surface area contributed by atoms with Gasteiger partial charge in [0.25, 0.3) is 0 Å². The number of nitrogens with zero attached hydrogens (tertiary/aromatic N) is 2. The molecule has 0 saturated carbocycles. The summed E-state index contributed by atoms with van der Waals surface area (Å²) in [6.45, 7) is 3.96. The maximum Gasteiger partial charge on any atom is 0.135 e. The van der Waals surface area contributed by atoms with Gasteiger partial charge in [0.15, 0.2) is 0 Å². The van der Waals surface area contributed by atoms with E-state index < -0.39 is 5.60 Å². The highest BCUT2D eigenvalue weighted by atomic mass is 16.3. The summed E-state index contributed by atoms with van der Waals surface area (Å²) in [5.74, 6) is 0.209. The lowest BCUT2D eigenvalue weighted by molar-refractivity contribution is 0.0280. The van der Waals surface area contributed by atoms with Crippen LogP contribution in [0.3, 0.4) is 0 Å². The van der Waals surface area contributed by atoms with Gasteiger partial charge in [-0.15, -0.1) is 0 Å². The zero-order chi connectivity index (χ0) is 15.9. The zero-order valence-corrected chi connectivity index (χ0v) is 13.0. The molecule has 2 N–H and O–H groups in total. The Kier molecular flexibility index (Phi) is 3.41. The molecule has 4 heteroatoms. The van der Waals surface area contributed by atoms with Crippen LogP contribution in [-0.2, 0) is 12.6 Å². The van der Waals surface area contributed by atoms with Crippen molar-refractivity contribution in [2.24, 2.45) is 13.0 Å². The molecular formula is C18H20N2O2. The van der Waals surface area contributed by atoms with Gasteiger partial charge in [-0.1, -0.05) is 32.0 Å². The van der Waals surface area contributed by atoms with E-state index in [2.05, 4.69) is 4.98 Å². The minimum atomic E-state index is -1.15. The van der Waals surface area contributed by atoms with Crippen molar-refractivity contribution in [2.45, 2.75) is 19.4 Å². The second-order valence-electron chi connectivity index (χ2n) is 6.09. The number of aryl methyl sites for hydroxylation is 1. The number of aliphatic hydroxyl groups is 1. The summed E-state index contributed by atoms with van der Waals surface area (Å²) in [4.78, 5) is 4.35. The largest absolute Gasteiger partial charge is 0.508 e. The Morgan fingerprint density at radius 1 is 1.09 bits per heavy atom. The summed E-state index contributed by atoms with van der Waals surface area (Å²) in [5, 5.41) is 22.8. The van der Waals surface area contributed by atoms with Gasteiger partial charge in [-0.2, -0.15) is 0 Å². The predicted molar refractivity (Wildman–Crippen MR) is 86.7 cm³/mol. The van der Waals surface area contributed by atoms with Crippen LogP contribution < -0.4 is 0 Å². The van der Waals surface area contributed by atoms with E-state index in [1.54, 1.807) is 18.5 Å². The number of aromatic nitrogens is 2. The third-order valence-corrected chi connectivity index (χ3v) is 4.19. The maximum absolute atomic E-state index is 11.3. The maximum atomic E-state index is 11.3. The number of phenolic OH excluding ortho intramolecular Hbond substituents is 1. The average Bonchev–Trinajstić information content (AvgIpc) is 2.92. The number of rotatable bonds is 3. The van der Waals surface area contributed by atoms with E-state index in [1.807, 2.05) is 55.9 Å². The topological polar surface area (TPSA) is 58.3 Å². The SMILES string of the molecule is CC(C)C(O)(c1ccc2cc(O)ccc2c1)c1cn(C)cn1. The molecule has 4 nitrogen and oxygen atoms in total. The van der Waals surface area contributed by atoms with Crippen LogP contribution in [0.15, 0.2) is 48.9 Å². The molecule has 0 saturated heterocycles. The van der Waals surface area contributed by atoms with Gasteiger partial charge in [-0.25, -0.2) is 4.98 Å². The van der Waals surface area contributed by atoms with Gasteiger partial charge in [0.2, 0.25) is 0 Å². The number of fused-ring (bicyclic) bond motifs is 1.